The van der Waals surface area contributed by atoms with Crippen molar-refractivity contribution in [3.8, 4) is 0 Å². The summed E-state index contributed by atoms with van der Waals surface area (Å²) in [7, 11) is 0. The molecule has 3 N–H and O–H groups in total. The second-order valence-electron chi connectivity index (χ2n) is 10.7. The molecule has 11 nitrogen and oxygen atoms in total. The molecule has 1 aliphatic heterocycles. The van der Waals surface area contributed by atoms with Gasteiger partial charge < -0.3 is 25.4 Å². The number of carbonyl (C=O) groups is 4. The summed E-state index contributed by atoms with van der Waals surface area (Å²) in [6.07, 6.45) is 0.395. The number of anilines is 2. The Bertz CT molecular complexity index is 1730. The molecular weight excluding hydrogens is 589 g/mol. The molecule has 0 spiro atoms. The van der Waals surface area contributed by atoms with Crippen LogP contribution in [0.2, 0.25) is 0 Å². The van der Waals surface area contributed by atoms with Crippen LogP contribution in [0.25, 0.3) is 10.2 Å². The lowest BCUT2D eigenvalue weighted by Gasteiger charge is -2.27. The van der Waals surface area contributed by atoms with Crippen molar-refractivity contribution in [1.82, 2.24) is 15.1 Å². The number of hydrogen-bond acceptors (Lipinski definition) is 8. The second kappa shape index (κ2) is 12.9. The Balaban J connectivity index is 1.43. The lowest BCUT2D eigenvalue weighted by atomic mass is 9.93. The molecule has 4 aromatic rings. The van der Waals surface area contributed by atoms with Crippen LogP contribution in [0.3, 0.4) is 0 Å². The quantitative estimate of drug-likeness (QED) is 0.235. The van der Waals surface area contributed by atoms with Crippen LogP contribution in [-0.2, 0) is 19.8 Å². The van der Waals surface area contributed by atoms with Crippen molar-refractivity contribution in [2.45, 2.75) is 39.2 Å². The van der Waals surface area contributed by atoms with Gasteiger partial charge in [-0.1, -0.05) is 30.3 Å². The molecule has 5 rings (SSSR count). The minimum atomic E-state index is -1.05. The average Bonchev–Trinajstić information content (AvgIpc) is 3.58. The van der Waals surface area contributed by atoms with Crippen LogP contribution in [0.4, 0.5) is 20.7 Å². The third-order valence-electron chi connectivity index (χ3n) is 7.25. The van der Waals surface area contributed by atoms with E-state index >= 15 is 0 Å². The Morgan fingerprint density at radius 1 is 1.05 bits per heavy atom. The Labute approximate surface area is 256 Å². The van der Waals surface area contributed by atoms with Gasteiger partial charge in [-0.3, -0.25) is 14.4 Å². The smallest absolute Gasteiger partial charge is 0.436 e. The number of halogens is 1. The van der Waals surface area contributed by atoms with Crippen LogP contribution in [0.1, 0.15) is 59.2 Å². The van der Waals surface area contributed by atoms with Gasteiger partial charge >= 0.3 is 6.09 Å². The average molecular weight is 622 g/mol. The number of ether oxygens (including phenoxy) is 2. The summed E-state index contributed by atoms with van der Waals surface area (Å²) in [4.78, 5) is 53.0. The van der Waals surface area contributed by atoms with Crippen molar-refractivity contribution in [2.24, 2.45) is 5.92 Å². The number of nitrogens with zero attached hydrogens (tertiary/aromatic N) is 2. The predicted molar refractivity (Wildman–Crippen MR) is 163 cm³/mol. The first-order valence-corrected chi connectivity index (χ1v) is 15.0. The maximum absolute atomic E-state index is 14.5. The molecule has 2 aromatic heterocycles. The molecule has 0 aliphatic carbocycles. The van der Waals surface area contributed by atoms with Crippen molar-refractivity contribution in [3.63, 3.8) is 0 Å². The summed E-state index contributed by atoms with van der Waals surface area (Å²) in [5, 5.41) is 13.0. The molecule has 1 saturated heterocycles. The largest absolute Gasteiger partial charge is 0.448 e. The molecular formula is C31H32FN5O6S. The molecule has 44 heavy (non-hydrogen) atoms. The monoisotopic (exact) mass is 621 g/mol. The summed E-state index contributed by atoms with van der Waals surface area (Å²) >= 11 is 0.973. The Kier molecular flexibility index (Phi) is 9.06. The molecule has 3 heterocycles. The number of amides is 3. The first-order chi connectivity index (χ1) is 21.1. The predicted octanol–water partition coefficient (Wildman–Crippen LogP) is 5.52. The van der Waals surface area contributed by atoms with Gasteiger partial charge in [0.1, 0.15) is 10.6 Å². The number of fused-ring (bicyclic) bond motifs is 1. The van der Waals surface area contributed by atoms with Gasteiger partial charge in [-0.25, -0.2) is 9.18 Å². The van der Waals surface area contributed by atoms with Gasteiger partial charge in [-0.05, 0) is 57.9 Å². The summed E-state index contributed by atoms with van der Waals surface area (Å²) in [5.41, 5.74) is -0.237. The fourth-order valence-corrected chi connectivity index (χ4v) is 5.96. The SMILES string of the molecule is CCOC(=O)n1nc(NC(=O)c2ccccc2NC(=O)C2CCOCC2)c2cc(C(=O)NC(C)(C)c3ccccc3F)sc21. The Morgan fingerprint density at radius 3 is 2.48 bits per heavy atom. The van der Waals surface area contributed by atoms with Crippen LogP contribution in [-0.4, -0.2) is 53.4 Å². The number of nitrogens with one attached hydrogen (secondary N) is 3. The number of thiophene rings is 1. The van der Waals surface area contributed by atoms with Crippen LogP contribution in [0.5, 0.6) is 0 Å². The van der Waals surface area contributed by atoms with Crippen molar-refractivity contribution < 1.29 is 33.0 Å². The molecule has 1 fully saturated rings. The highest BCUT2D eigenvalue weighted by atomic mass is 32.1. The van der Waals surface area contributed by atoms with E-state index in [0.717, 1.165) is 16.0 Å². The fourth-order valence-electron chi connectivity index (χ4n) is 4.96. The van der Waals surface area contributed by atoms with E-state index in [1.54, 1.807) is 63.2 Å². The summed E-state index contributed by atoms with van der Waals surface area (Å²) < 4.78 is 26.0. The normalized spacial score (nSPS) is 13.8. The molecule has 1 aliphatic rings. The molecule has 230 valence electrons. The van der Waals surface area contributed by atoms with Gasteiger partial charge in [0.15, 0.2) is 5.82 Å². The highest BCUT2D eigenvalue weighted by Crippen LogP contribution is 2.33. The molecule has 3 amide bonds. The Hall–Kier alpha value is -4.62. The number of para-hydroxylation sites is 1. The topological polar surface area (TPSA) is 141 Å². The van der Waals surface area contributed by atoms with Crippen molar-refractivity contribution in [2.75, 3.05) is 30.5 Å². The first kappa shape index (κ1) is 30.8. The lowest BCUT2D eigenvalue weighted by molar-refractivity contribution is -0.122. The van der Waals surface area contributed by atoms with E-state index in [0.29, 0.717) is 42.7 Å². The van der Waals surface area contributed by atoms with Gasteiger partial charge in [-0.2, -0.15) is 4.68 Å². The Morgan fingerprint density at radius 2 is 1.75 bits per heavy atom. The first-order valence-electron chi connectivity index (χ1n) is 14.1. The van der Waals surface area contributed by atoms with Gasteiger partial charge in [0.2, 0.25) is 5.91 Å². The molecule has 0 atom stereocenters. The third-order valence-corrected chi connectivity index (χ3v) is 8.36. The van der Waals surface area contributed by atoms with E-state index < -0.39 is 29.3 Å². The van der Waals surface area contributed by atoms with Gasteiger partial charge in [0.05, 0.1) is 33.7 Å². The minimum Gasteiger partial charge on any atom is -0.448 e. The van der Waals surface area contributed by atoms with Crippen LogP contribution >= 0.6 is 11.3 Å². The van der Waals surface area contributed by atoms with E-state index in [4.69, 9.17) is 9.47 Å². The van der Waals surface area contributed by atoms with Gasteiger partial charge in [0, 0.05) is 24.7 Å². The summed E-state index contributed by atoms with van der Waals surface area (Å²) in [6, 6.07) is 14.2. The van der Waals surface area contributed by atoms with Crippen molar-refractivity contribution in [3.05, 3.63) is 76.4 Å². The lowest BCUT2D eigenvalue weighted by Crippen LogP contribution is -2.41. The minimum absolute atomic E-state index is 0.0206. The maximum Gasteiger partial charge on any atom is 0.436 e. The second-order valence-corrected chi connectivity index (χ2v) is 11.8. The van der Waals surface area contributed by atoms with E-state index in [1.807, 2.05) is 0 Å². The maximum atomic E-state index is 14.5. The van der Waals surface area contributed by atoms with Crippen molar-refractivity contribution in [1.29, 1.82) is 0 Å². The van der Waals surface area contributed by atoms with Crippen LogP contribution in [0, 0.1) is 11.7 Å². The zero-order chi connectivity index (χ0) is 31.4. The summed E-state index contributed by atoms with van der Waals surface area (Å²) in [5.74, 6) is -1.95. The van der Waals surface area contributed by atoms with Crippen LogP contribution < -0.4 is 16.0 Å². The number of carbonyl (C=O) groups excluding carboxylic acids is 4. The standard InChI is InChI=1S/C31H32FN5O6S/c1-4-43-30(41)37-29-20(17-24(44-29)28(40)35-31(2,3)21-10-6-7-11-22(21)32)25(36-37)34-27(39)19-9-5-8-12-23(19)33-26(38)18-13-15-42-16-14-18/h5-12,17-18H,4,13-16H2,1-3H3,(H,33,38)(H,35,40)(H,34,36,39). The molecule has 13 heteroatoms. The van der Waals surface area contributed by atoms with Gasteiger partial charge in [0.25, 0.3) is 11.8 Å². The number of rotatable bonds is 8. The highest BCUT2D eigenvalue weighted by Gasteiger charge is 2.29. The van der Waals surface area contributed by atoms with E-state index in [-0.39, 0.29) is 39.5 Å². The van der Waals surface area contributed by atoms with E-state index in [1.165, 1.54) is 12.1 Å². The van der Waals surface area contributed by atoms with E-state index in [9.17, 15) is 23.6 Å². The van der Waals surface area contributed by atoms with Gasteiger partial charge in [-0.15, -0.1) is 16.4 Å². The van der Waals surface area contributed by atoms with Crippen molar-refractivity contribution >= 4 is 56.9 Å². The highest BCUT2D eigenvalue weighted by molar-refractivity contribution is 7.20. The summed E-state index contributed by atoms with van der Waals surface area (Å²) in [6.45, 7) is 6.09. The number of hydrogen-bond donors (Lipinski definition) is 3. The molecule has 2 aromatic carbocycles. The zero-order valence-electron chi connectivity index (χ0n) is 24.4. The molecule has 0 unspecified atom stereocenters. The fraction of sp³-hybridized carbons (Fsp3) is 0.323. The van der Waals surface area contributed by atoms with E-state index in [2.05, 4.69) is 21.0 Å². The molecule has 0 bridgehead atoms. The number of aromatic nitrogens is 2. The molecule has 0 radical (unpaired) electrons. The third kappa shape index (κ3) is 6.48. The molecule has 0 saturated carbocycles. The van der Waals surface area contributed by atoms with Crippen LogP contribution in [0.15, 0.2) is 54.6 Å². The number of benzene rings is 2. The zero-order valence-corrected chi connectivity index (χ0v) is 25.3.